The van der Waals surface area contributed by atoms with E-state index in [1.54, 1.807) is 19.1 Å². The summed E-state index contributed by atoms with van der Waals surface area (Å²) in [5, 5.41) is 0.656. The molecule has 0 saturated carbocycles. The molecule has 1 fully saturated rings. The minimum absolute atomic E-state index is 0.219. The van der Waals surface area contributed by atoms with Crippen molar-refractivity contribution in [2.75, 3.05) is 19.8 Å². The van der Waals surface area contributed by atoms with Crippen molar-refractivity contribution in [1.82, 2.24) is 0 Å². The fraction of sp³-hybridized carbons (Fsp3) is 0.417. The molecule has 0 amide bonds. The van der Waals surface area contributed by atoms with Crippen molar-refractivity contribution in [2.45, 2.75) is 12.3 Å². The van der Waals surface area contributed by atoms with Crippen LogP contribution in [0.5, 0.6) is 0 Å². The molecule has 0 atom stereocenters. The van der Waals surface area contributed by atoms with E-state index in [4.69, 9.17) is 21.1 Å². The SMILES string of the molecule is CCOC(=O)C1(c2ccc(Cl)cc2)COC1. The first-order valence-corrected chi connectivity index (χ1v) is 5.58. The lowest BCUT2D eigenvalue weighted by atomic mass is 9.79. The molecule has 2 rings (SSSR count). The number of ether oxygens (including phenoxy) is 2. The standard InChI is InChI=1S/C12H13ClO3/c1-2-16-11(14)12(7-15-8-12)9-3-5-10(13)6-4-9/h3-6H,2,7-8H2,1H3. The molecule has 0 spiro atoms. The van der Waals surface area contributed by atoms with Gasteiger partial charge in [-0.05, 0) is 24.6 Å². The van der Waals surface area contributed by atoms with Gasteiger partial charge in [-0.3, -0.25) is 4.79 Å². The van der Waals surface area contributed by atoms with Crippen molar-refractivity contribution >= 4 is 17.6 Å². The van der Waals surface area contributed by atoms with Crippen molar-refractivity contribution in [3.8, 4) is 0 Å². The highest BCUT2D eigenvalue weighted by Crippen LogP contribution is 2.34. The molecule has 0 bridgehead atoms. The van der Waals surface area contributed by atoms with E-state index < -0.39 is 5.41 Å². The van der Waals surface area contributed by atoms with Crippen LogP contribution in [0.2, 0.25) is 5.02 Å². The number of halogens is 1. The maximum Gasteiger partial charge on any atom is 0.321 e. The van der Waals surface area contributed by atoms with Gasteiger partial charge in [0.15, 0.2) is 0 Å². The Balaban J connectivity index is 2.27. The van der Waals surface area contributed by atoms with Gasteiger partial charge >= 0.3 is 5.97 Å². The van der Waals surface area contributed by atoms with Crippen LogP contribution in [0.15, 0.2) is 24.3 Å². The molecule has 0 aliphatic carbocycles. The lowest BCUT2D eigenvalue weighted by molar-refractivity contribution is -0.169. The van der Waals surface area contributed by atoms with Gasteiger partial charge in [-0.15, -0.1) is 0 Å². The molecule has 0 unspecified atom stereocenters. The van der Waals surface area contributed by atoms with E-state index in [0.717, 1.165) is 5.56 Å². The van der Waals surface area contributed by atoms with Gasteiger partial charge in [0.2, 0.25) is 0 Å². The molecule has 86 valence electrons. The van der Waals surface area contributed by atoms with Crippen molar-refractivity contribution in [1.29, 1.82) is 0 Å². The molecule has 1 aliphatic rings. The molecule has 1 aliphatic heterocycles. The lowest BCUT2D eigenvalue weighted by Gasteiger charge is -2.39. The first-order chi connectivity index (χ1) is 7.69. The Labute approximate surface area is 99.3 Å². The minimum atomic E-state index is -0.624. The molecule has 1 aromatic carbocycles. The molecule has 1 heterocycles. The van der Waals surface area contributed by atoms with E-state index in [9.17, 15) is 4.79 Å². The monoisotopic (exact) mass is 240 g/mol. The first kappa shape index (κ1) is 11.4. The van der Waals surface area contributed by atoms with Crippen LogP contribution < -0.4 is 0 Å². The third kappa shape index (κ3) is 1.81. The highest BCUT2D eigenvalue weighted by Gasteiger charge is 2.48. The van der Waals surface area contributed by atoms with Crippen LogP contribution in [0, 0.1) is 0 Å². The molecule has 1 aromatic rings. The summed E-state index contributed by atoms with van der Waals surface area (Å²) in [6.45, 7) is 2.95. The summed E-state index contributed by atoms with van der Waals surface area (Å²) in [5.74, 6) is -0.219. The molecule has 3 nitrogen and oxygen atoms in total. The summed E-state index contributed by atoms with van der Waals surface area (Å²) in [5.41, 5.74) is 0.280. The van der Waals surface area contributed by atoms with E-state index in [1.807, 2.05) is 12.1 Å². The van der Waals surface area contributed by atoms with Crippen molar-refractivity contribution in [2.24, 2.45) is 0 Å². The number of carbonyl (C=O) groups excluding carboxylic acids is 1. The van der Waals surface area contributed by atoms with E-state index in [-0.39, 0.29) is 5.97 Å². The Kier molecular flexibility index (Phi) is 3.17. The summed E-state index contributed by atoms with van der Waals surface area (Å²) >= 11 is 5.82. The molecular weight excluding hydrogens is 228 g/mol. The Morgan fingerprint density at radius 3 is 2.50 bits per heavy atom. The number of carbonyl (C=O) groups is 1. The summed E-state index contributed by atoms with van der Waals surface area (Å²) in [6.07, 6.45) is 0. The first-order valence-electron chi connectivity index (χ1n) is 5.20. The number of esters is 1. The van der Waals surface area contributed by atoms with Crippen LogP contribution in [-0.2, 0) is 19.7 Å². The van der Waals surface area contributed by atoms with Crippen LogP contribution >= 0.6 is 11.6 Å². The van der Waals surface area contributed by atoms with Crippen molar-refractivity contribution in [3.63, 3.8) is 0 Å². The molecule has 4 heteroatoms. The van der Waals surface area contributed by atoms with Gasteiger partial charge in [-0.2, -0.15) is 0 Å². The van der Waals surface area contributed by atoms with Gasteiger partial charge in [-0.25, -0.2) is 0 Å². The number of hydrogen-bond donors (Lipinski definition) is 0. The summed E-state index contributed by atoms with van der Waals surface area (Å²) in [4.78, 5) is 11.9. The summed E-state index contributed by atoms with van der Waals surface area (Å²) < 4.78 is 10.2. The van der Waals surface area contributed by atoms with E-state index in [2.05, 4.69) is 0 Å². The number of hydrogen-bond acceptors (Lipinski definition) is 3. The fourth-order valence-corrected chi connectivity index (χ4v) is 1.87. The fourth-order valence-electron chi connectivity index (χ4n) is 1.75. The second kappa shape index (κ2) is 4.44. The zero-order chi connectivity index (χ0) is 11.6. The highest BCUT2D eigenvalue weighted by atomic mass is 35.5. The Hall–Kier alpha value is -1.06. The molecule has 0 N–H and O–H groups in total. The van der Waals surface area contributed by atoms with Gasteiger partial charge in [0.1, 0.15) is 5.41 Å². The normalized spacial score (nSPS) is 17.6. The highest BCUT2D eigenvalue weighted by molar-refractivity contribution is 6.30. The quantitative estimate of drug-likeness (QED) is 0.760. The maximum absolute atomic E-state index is 11.9. The predicted octanol–water partition coefficient (Wildman–Crippen LogP) is 2.17. The number of rotatable bonds is 3. The zero-order valence-corrected chi connectivity index (χ0v) is 9.79. The molecule has 0 aromatic heterocycles. The molecular formula is C12H13ClO3. The maximum atomic E-state index is 11.9. The van der Waals surface area contributed by atoms with Gasteiger partial charge in [0, 0.05) is 5.02 Å². The second-order valence-electron chi connectivity index (χ2n) is 3.80. The van der Waals surface area contributed by atoms with Crippen LogP contribution in [0.25, 0.3) is 0 Å². The smallest absolute Gasteiger partial charge is 0.321 e. The molecule has 16 heavy (non-hydrogen) atoms. The van der Waals surface area contributed by atoms with Crippen LogP contribution in [-0.4, -0.2) is 25.8 Å². The Morgan fingerprint density at radius 2 is 2.06 bits per heavy atom. The average molecular weight is 241 g/mol. The average Bonchev–Trinajstić information content (AvgIpc) is 2.19. The Bertz CT molecular complexity index is 382. The summed E-state index contributed by atoms with van der Waals surface area (Å²) in [6, 6.07) is 7.25. The third-order valence-electron chi connectivity index (χ3n) is 2.76. The Morgan fingerprint density at radius 1 is 1.44 bits per heavy atom. The van der Waals surface area contributed by atoms with E-state index in [1.165, 1.54) is 0 Å². The predicted molar refractivity (Wildman–Crippen MR) is 60.6 cm³/mol. The minimum Gasteiger partial charge on any atom is -0.465 e. The topological polar surface area (TPSA) is 35.5 Å². The lowest BCUT2D eigenvalue weighted by Crippen LogP contribution is -2.53. The molecule has 0 radical (unpaired) electrons. The number of benzene rings is 1. The van der Waals surface area contributed by atoms with Gasteiger partial charge in [0.25, 0.3) is 0 Å². The van der Waals surface area contributed by atoms with Crippen molar-refractivity contribution < 1.29 is 14.3 Å². The van der Waals surface area contributed by atoms with Gasteiger partial charge < -0.3 is 9.47 Å². The molecule has 1 saturated heterocycles. The largest absolute Gasteiger partial charge is 0.465 e. The summed E-state index contributed by atoms with van der Waals surface area (Å²) in [7, 11) is 0. The third-order valence-corrected chi connectivity index (χ3v) is 3.01. The van der Waals surface area contributed by atoms with E-state index in [0.29, 0.717) is 24.8 Å². The van der Waals surface area contributed by atoms with Crippen molar-refractivity contribution in [3.05, 3.63) is 34.9 Å². The van der Waals surface area contributed by atoms with E-state index >= 15 is 0 Å². The van der Waals surface area contributed by atoms with Gasteiger partial charge in [-0.1, -0.05) is 23.7 Å². The van der Waals surface area contributed by atoms with Crippen LogP contribution in [0.1, 0.15) is 12.5 Å². The van der Waals surface area contributed by atoms with Crippen LogP contribution in [0.4, 0.5) is 0 Å². The van der Waals surface area contributed by atoms with Gasteiger partial charge in [0.05, 0.1) is 19.8 Å². The second-order valence-corrected chi connectivity index (χ2v) is 4.24. The van der Waals surface area contributed by atoms with Crippen LogP contribution in [0.3, 0.4) is 0 Å². The zero-order valence-electron chi connectivity index (χ0n) is 9.03.